The molecule has 2 aromatic carbocycles. The fourth-order valence-electron chi connectivity index (χ4n) is 3.89. The number of benzene rings is 2. The van der Waals surface area contributed by atoms with Crippen LogP contribution >= 0.6 is 12.2 Å². The molecule has 0 amide bonds. The molecule has 4 rings (SSSR count). The van der Waals surface area contributed by atoms with Gasteiger partial charge in [-0.1, -0.05) is 30.3 Å². The summed E-state index contributed by atoms with van der Waals surface area (Å²) >= 11 is 5.18. The molecule has 6 nitrogen and oxygen atoms in total. The zero-order valence-electron chi connectivity index (χ0n) is 16.9. The van der Waals surface area contributed by atoms with E-state index in [1.165, 1.54) is 45.5 Å². The van der Waals surface area contributed by atoms with Crippen LogP contribution < -0.4 is 10.5 Å². The van der Waals surface area contributed by atoms with Gasteiger partial charge in [0.2, 0.25) is 5.88 Å². The lowest BCUT2D eigenvalue weighted by Crippen LogP contribution is -3.12. The normalized spacial score (nSPS) is 19.0. The lowest BCUT2D eigenvalue weighted by Gasteiger charge is -2.27. The van der Waals surface area contributed by atoms with Crippen LogP contribution in [0.15, 0.2) is 64.4 Å². The molecule has 1 aliphatic heterocycles. The Balaban J connectivity index is 1.48. The maximum Gasteiger partial charge on any atom is 0.264 e. The predicted octanol–water partition coefficient (Wildman–Crippen LogP) is 2.41. The quantitative estimate of drug-likeness (QED) is 0.422. The second-order valence-electron chi connectivity index (χ2n) is 7.73. The monoisotopic (exact) mass is 439 g/mol. The number of aromatic amines is 1. The number of quaternary nitrogens is 1. The first-order chi connectivity index (χ1) is 15.0. The van der Waals surface area contributed by atoms with Crippen LogP contribution in [-0.4, -0.2) is 40.0 Å². The van der Waals surface area contributed by atoms with Gasteiger partial charge in [0.25, 0.3) is 5.56 Å². The van der Waals surface area contributed by atoms with E-state index in [0.29, 0.717) is 5.69 Å². The van der Waals surface area contributed by atoms with Crippen LogP contribution in [0.2, 0.25) is 0 Å². The van der Waals surface area contributed by atoms with Gasteiger partial charge in [-0.2, -0.15) is 0 Å². The standard InChI is InChI=1S/C23H23FN4O2S/c24-17-6-8-19(9-7-17)28-22(30)20(21(29)26-23(28)31)14-25-18-10-12-27(13-11-18)15-16-4-2-1-3-5-16/h1-9,14,18,30H,10-13,15H2,(H,26,29,31)/p+1. The summed E-state index contributed by atoms with van der Waals surface area (Å²) in [5.74, 6) is -0.710. The molecule has 8 heteroatoms. The maximum atomic E-state index is 13.2. The third-order valence-corrected chi connectivity index (χ3v) is 5.86. The minimum Gasteiger partial charge on any atom is -0.494 e. The molecule has 1 fully saturated rings. The van der Waals surface area contributed by atoms with Crippen molar-refractivity contribution in [2.45, 2.75) is 25.4 Å². The molecule has 1 aliphatic rings. The van der Waals surface area contributed by atoms with Gasteiger partial charge in [-0.05, 0) is 36.5 Å². The largest absolute Gasteiger partial charge is 0.494 e. The molecule has 3 N–H and O–H groups in total. The summed E-state index contributed by atoms with van der Waals surface area (Å²) in [6.07, 6.45) is 3.25. The van der Waals surface area contributed by atoms with Gasteiger partial charge in [-0.3, -0.25) is 19.3 Å². The minimum absolute atomic E-state index is 0.0316. The highest BCUT2D eigenvalue weighted by molar-refractivity contribution is 7.71. The Kier molecular flexibility index (Phi) is 6.39. The summed E-state index contributed by atoms with van der Waals surface area (Å²) in [6.45, 7) is 3.00. The highest BCUT2D eigenvalue weighted by Crippen LogP contribution is 2.19. The number of hydrogen-bond donors (Lipinski definition) is 3. The van der Waals surface area contributed by atoms with Gasteiger partial charge >= 0.3 is 0 Å². The molecule has 0 atom stereocenters. The zero-order valence-corrected chi connectivity index (χ0v) is 17.7. The second-order valence-corrected chi connectivity index (χ2v) is 8.12. The predicted molar refractivity (Wildman–Crippen MR) is 120 cm³/mol. The van der Waals surface area contributed by atoms with Gasteiger partial charge in [0.1, 0.15) is 17.9 Å². The van der Waals surface area contributed by atoms with E-state index < -0.39 is 11.4 Å². The summed E-state index contributed by atoms with van der Waals surface area (Å²) in [7, 11) is 0. The van der Waals surface area contributed by atoms with Gasteiger partial charge in [0, 0.05) is 24.6 Å². The number of rotatable bonds is 5. The molecule has 160 valence electrons. The van der Waals surface area contributed by atoms with Crippen molar-refractivity contribution in [2.75, 3.05) is 13.1 Å². The molecular weight excluding hydrogens is 415 g/mol. The smallest absolute Gasteiger partial charge is 0.264 e. The Labute approximate surface area is 184 Å². The average Bonchev–Trinajstić information content (AvgIpc) is 2.76. The third kappa shape index (κ3) is 4.98. The van der Waals surface area contributed by atoms with Crippen LogP contribution in [-0.2, 0) is 6.54 Å². The van der Waals surface area contributed by atoms with Crippen LogP contribution in [0.5, 0.6) is 5.88 Å². The van der Waals surface area contributed by atoms with Crippen molar-refractivity contribution in [3.63, 3.8) is 0 Å². The van der Waals surface area contributed by atoms with Crippen LogP contribution in [0.4, 0.5) is 4.39 Å². The van der Waals surface area contributed by atoms with Gasteiger partial charge in [-0.15, -0.1) is 0 Å². The number of halogens is 1. The summed E-state index contributed by atoms with van der Waals surface area (Å²) in [5, 5.41) is 10.7. The number of hydrogen-bond acceptors (Lipinski definition) is 4. The Bertz CT molecular complexity index is 1180. The SMILES string of the molecule is O=c1[nH]c(=S)n(-c2ccc(F)cc2)c(O)c1C=NC1CC[NH+](Cc2ccccc2)CC1. The number of H-pyrrole nitrogens is 1. The summed E-state index contributed by atoms with van der Waals surface area (Å²) in [6, 6.07) is 16.0. The number of aromatic hydroxyl groups is 1. The van der Waals surface area contributed by atoms with Gasteiger partial charge in [0.05, 0.1) is 24.8 Å². The van der Waals surface area contributed by atoms with Crippen molar-refractivity contribution in [1.29, 1.82) is 0 Å². The van der Waals surface area contributed by atoms with E-state index in [-0.39, 0.29) is 22.3 Å². The highest BCUT2D eigenvalue weighted by atomic mass is 32.1. The number of piperidine rings is 1. The molecule has 0 radical (unpaired) electrons. The fourth-order valence-corrected chi connectivity index (χ4v) is 4.17. The number of nitrogens with one attached hydrogen (secondary N) is 2. The Morgan fingerprint density at radius 2 is 1.84 bits per heavy atom. The first-order valence-electron chi connectivity index (χ1n) is 10.3. The molecule has 3 aromatic rings. The third-order valence-electron chi connectivity index (χ3n) is 5.58. The van der Waals surface area contributed by atoms with Crippen molar-refractivity contribution >= 4 is 18.4 Å². The first kappa shape index (κ1) is 21.1. The van der Waals surface area contributed by atoms with Crippen LogP contribution in [0, 0.1) is 10.6 Å². The lowest BCUT2D eigenvalue weighted by atomic mass is 10.0. The Hall–Kier alpha value is -3.10. The van der Waals surface area contributed by atoms with E-state index in [1.54, 1.807) is 0 Å². The first-order valence-corrected chi connectivity index (χ1v) is 10.7. The molecular formula is C23H24FN4O2S+. The summed E-state index contributed by atoms with van der Waals surface area (Å²) in [5.41, 5.74) is 1.31. The highest BCUT2D eigenvalue weighted by Gasteiger charge is 2.22. The second kappa shape index (κ2) is 9.36. The topological polar surface area (TPSA) is 74.8 Å². The number of aromatic nitrogens is 2. The van der Waals surface area contributed by atoms with Crippen molar-refractivity contribution in [2.24, 2.45) is 4.99 Å². The summed E-state index contributed by atoms with van der Waals surface area (Å²) in [4.78, 5) is 21.0. The molecule has 0 aliphatic carbocycles. The zero-order chi connectivity index (χ0) is 21.8. The molecule has 1 aromatic heterocycles. The molecule has 0 unspecified atom stereocenters. The Morgan fingerprint density at radius 3 is 2.52 bits per heavy atom. The Morgan fingerprint density at radius 1 is 1.16 bits per heavy atom. The van der Waals surface area contributed by atoms with E-state index in [0.717, 1.165) is 32.5 Å². The van der Waals surface area contributed by atoms with Crippen molar-refractivity contribution in [3.8, 4) is 11.6 Å². The molecule has 0 saturated carbocycles. The van der Waals surface area contributed by atoms with E-state index in [1.807, 2.05) is 6.07 Å². The van der Waals surface area contributed by atoms with Crippen LogP contribution in [0.25, 0.3) is 5.69 Å². The molecule has 2 heterocycles. The van der Waals surface area contributed by atoms with Crippen molar-refractivity contribution in [1.82, 2.24) is 9.55 Å². The van der Waals surface area contributed by atoms with Crippen LogP contribution in [0.1, 0.15) is 24.0 Å². The van der Waals surface area contributed by atoms with E-state index in [2.05, 4.69) is 34.2 Å². The van der Waals surface area contributed by atoms with Crippen molar-refractivity contribution < 1.29 is 14.4 Å². The van der Waals surface area contributed by atoms with E-state index >= 15 is 0 Å². The van der Waals surface area contributed by atoms with Crippen LogP contribution in [0.3, 0.4) is 0 Å². The van der Waals surface area contributed by atoms with Gasteiger partial charge < -0.3 is 10.0 Å². The average molecular weight is 440 g/mol. The van der Waals surface area contributed by atoms with E-state index in [9.17, 15) is 14.3 Å². The van der Waals surface area contributed by atoms with Gasteiger partial charge in [0.15, 0.2) is 4.77 Å². The number of aliphatic imine (C=N–C) groups is 1. The molecule has 1 saturated heterocycles. The summed E-state index contributed by atoms with van der Waals surface area (Å²) < 4.78 is 14.6. The van der Waals surface area contributed by atoms with Gasteiger partial charge in [-0.25, -0.2) is 4.39 Å². The lowest BCUT2D eigenvalue weighted by molar-refractivity contribution is -0.918. The molecule has 0 bridgehead atoms. The minimum atomic E-state index is -0.503. The molecule has 31 heavy (non-hydrogen) atoms. The molecule has 0 spiro atoms. The number of nitrogens with zero attached hydrogens (tertiary/aromatic N) is 2. The van der Waals surface area contributed by atoms with E-state index in [4.69, 9.17) is 12.2 Å². The van der Waals surface area contributed by atoms with Crippen molar-refractivity contribution in [3.05, 3.63) is 86.7 Å². The maximum absolute atomic E-state index is 13.2. The fraction of sp³-hybridized carbons (Fsp3) is 0.261. The number of likely N-dealkylation sites (tertiary alicyclic amines) is 1.